The van der Waals surface area contributed by atoms with E-state index in [0.717, 1.165) is 0 Å². The van der Waals surface area contributed by atoms with Crippen molar-refractivity contribution in [1.82, 2.24) is 0 Å². The molecule has 5 heteroatoms. The van der Waals surface area contributed by atoms with E-state index in [9.17, 15) is 9.59 Å². The molecule has 1 atom stereocenters. The van der Waals surface area contributed by atoms with Crippen molar-refractivity contribution in [1.29, 1.82) is 0 Å². The van der Waals surface area contributed by atoms with Crippen molar-refractivity contribution in [2.75, 3.05) is 5.32 Å². The van der Waals surface area contributed by atoms with Crippen LogP contribution < -0.4 is 11.1 Å². The van der Waals surface area contributed by atoms with Crippen LogP contribution in [0, 0.1) is 6.92 Å². The molecule has 1 aromatic rings. The lowest BCUT2D eigenvalue weighted by atomic mass is 10.1. The molecule has 0 aliphatic carbocycles. The summed E-state index contributed by atoms with van der Waals surface area (Å²) in [6, 6.07) is 4.07. The van der Waals surface area contributed by atoms with Crippen molar-refractivity contribution in [3.05, 3.63) is 29.3 Å². The number of aromatic carboxylic acids is 1. The van der Waals surface area contributed by atoms with Crippen LogP contribution in [0.2, 0.25) is 0 Å². The first-order valence-corrected chi connectivity index (χ1v) is 4.83. The monoisotopic (exact) mass is 222 g/mol. The summed E-state index contributed by atoms with van der Waals surface area (Å²) < 4.78 is 0. The third-order valence-corrected chi connectivity index (χ3v) is 2.24. The summed E-state index contributed by atoms with van der Waals surface area (Å²) in [5.41, 5.74) is 6.56. The molecule has 1 rings (SSSR count). The summed E-state index contributed by atoms with van der Waals surface area (Å²) in [5.74, 6) is -1.36. The van der Waals surface area contributed by atoms with Gasteiger partial charge in [-0.25, -0.2) is 4.79 Å². The molecule has 0 bridgehead atoms. The van der Waals surface area contributed by atoms with Crippen LogP contribution in [0.15, 0.2) is 18.2 Å². The Kier molecular flexibility index (Phi) is 3.63. The second-order valence-electron chi connectivity index (χ2n) is 3.56. The van der Waals surface area contributed by atoms with Gasteiger partial charge in [-0.1, -0.05) is 6.07 Å². The van der Waals surface area contributed by atoms with Crippen molar-refractivity contribution in [2.24, 2.45) is 5.73 Å². The Morgan fingerprint density at radius 1 is 1.44 bits per heavy atom. The van der Waals surface area contributed by atoms with E-state index in [1.807, 2.05) is 0 Å². The molecule has 1 amide bonds. The lowest BCUT2D eigenvalue weighted by Crippen LogP contribution is -2.32. The first kappa shape index (κ1) is 12.2. The van der Waals surface area contributed by atoms with Gasteiger partial charge in [0.15, 0.2) is 0 Å². The van der Waals surface area contributed by atoms with Gasteiger partial charge in [-0.15, -0.1) is 0 Å². The highest BCUT2D eigenvalue weighted by Gasteiger charge is 2.13. The van der Waals surface area contributed by atoms with Crippen molar-refractivity contribution < 1.29 is 14.7 Å². The summed E-state index contributed by atoms with van der Waals surface area (Å²) in [6.45, 7) is 3.20. The van der Waals surface area contributed by atoms with Crippen LogP contribution in [0.3, 0.4) is 0 Å². The second-order valence-corrected chi connectivity index (χ2v) is 3.56. The van der Waals surface area contributed by atoms with E-state index in [1.54, 1.807) is 26.0 Å². The maximum Gasteiger partial charge on any atom is 0.336 e. The number of rotatable bonds is 3. The van der Waals surface area contributed by atoms with E-state index >= 15 is 0 Å². The van der Waals surface area contributed by atoms with Crippen LogP contribution in [-0.2, 0) is 4.79 Å². The number of carboxylic acids is 1. The van der Waals surface area contributed by atoms with Gasteiger partial charge in [-0.05, 0) is 31.5 Å². The molecule has 0 aromatic heterocycles. The largest absolute Gasteiger partial charge is 0.478 e. The molecule has 86 valence electrons. The summed E-state index contributed by atoms with van der Waals surface area (Å²) in [6.07, 6.45) is 0. The Bertz CT molecular complexity index is 427. The highest BCUT2D eigenvalue weighted by Crippen LogP contribution is 2.18. The normalized spacial score (nSPS) is 11.9. The Morgan fingerprint density at radius 2 is 2.06 bits per heavy atom. The Hall–Kier alpha value is -1.88. The molecular weight excluding hydrogens is 208 g/mol. The minimum absolute atomic E-state index is 0.169. The number of nitrogens with two attached hydrogens (primary N) is 1. The zero-order valence-corrected chi connectivity index (χ0v) is 9.15. The Balaban J connectivity index is 3.02. The number of benzene rings is 1. The number of carboxylic acid groups (broad SMARTS) is 1. The average Bonchev–Trinajstić information content (AvgIpc) is 2.20. The molecule has 0 spiro atoms. The number of amides is 1. The van der Waals surface area contributed by atoms with Gasteiger partial charge in [0.2, 0.25) is 5.91 Å². The minimum Gasteiger partial charge on any atom is -0.478 e. The van der Waals surface area contributed by atoms with Gasteiger partial charge in [0.1, 0.15) is 0 Å². The van der Waals surface area contributed by atoms with Gasteiger partial charge < -0.3 is 16.2 Å². The molecule has 0 saturated carbocycles. The topological polar surface area (TPSA) is 92.4 Å². The summed E-state index contributed by atoms with van der Waals surface area (Å²) >= 11 is 0. The number of anilines is 1. The number of carbonyl (C=O) groups is 2. The van der Waals surface area contributed by atoms with Gasteiger partial charge in [-0.2, -0.15) is 0 Å². The predicted octanol–water partition coefficient (Wildman–Crippen LogP) is 0.979. The lowest BCUT2D eigenvalue weighted by Gasteiger charge is -2.11. The summed E-state index contributed by atoms with van der Waals surface area (Å²) in [4.78, 5) is 22.2. The number of nitrogens with one attached hydrogen (secondary N) is 1. The van der Waals surface area contributed by atoms with Crippen LogP contribution in [0.5, 0.6) is 0 Å². The molecule has 0 fully saturated rings. The van der Waals surface area contributed by atoms with Gasteiger partial charge in [0, 0.05) is 5.69 Å². The van der Waals surface area contributed by atoms with Gasteiger partial charge >= 0.3 is 5.97 Å². The number of hydrogen-bond donors (Lipinski definition) is 3. The molecule has 5 nitrogen and oxygen atoms in total. The molecule has 4 N–H and O–H groups in total. The molecule has 0 radical (unpaired) electrons. The highest BCUT2D eigenvalue weighted by atomic mass is 16.4. The van der Waals surface area contributed by atoms with Crippen LogP contribution >= 0.6 is 0 Å². The number of carbonyl (C=O) groups excluding carboxylic acids is 1. The third kappa shape index (κ3) is 2.58. The fourth-order valence-corrected chi connectivity index (χ4v) is 1.25. The van der Waals surface area contributed by atoms with Crippen molar-refractivity contribution in [3.8, 4) is 0 Å². The first-order chi connectivity index (χ1) is 7.43. The first-order valence-electron chi connectivity index (χ1n) is 4.83. The Morgan fingerprint density at radius 3 is 2.56 bits per heavy atom. The zero-order chi connectivity index (χ0) is 12.3. The smallest absolute Gasteiger partial charge is 0.336 e. The molecule has 0 aliphatic heterocycles. The Labute approximate surface area is 93.3 Å². The average molecular weight is 222 g/mol. The quantitative estimate of drug-likeness (QED) is 0.710. The molecule has 0 unspecified atom stereocenters. The summed E-state index contributed by atoms with van der Waals surface area (Å²) in [5, 5.41) is 11.5. The fourth-order valence-electron chi connectivity index (χ4n) is 1.25. The molecular formula is C11H14N2O3. The van der Waals surface area contributed by atoms with Crippen LogP contribution in [-0.4, -0.2) is 23.0 Å². The maximum atomic E-state index is 11.4. The van der Waals surface area contributed by atoms with Crippen LogP contribution in [0.4, 0.5) is 5.69 Å². The van der Waals surface area contributed by atoms with E-state index in [1.165, 1.54) is 6.07 Å². The van der Waals surface area contributed by atoms with Crippen molar-refractivity contribution in [3.63, 3.8) is 0 Å². The van der Waals surface area contributed by atoms with Crippen LogP contribution in [0.1, 0.15) is 22.8 Å². The van der Waals surface area contributed by atoms with Crippen LogP contribution in [0.25, 0.3) is 0 Å². The third-order valence-electron chi connectivity index (χ3n) is 2.24. The molecule has 0 heterocycles. The van der Waals surface area contributed by atoms with Crippen molar-refractivity contribution in [2.45, 2.75) is 19.9 Å². The standard InChI is InChI=1S/C11H14N2O3/c1-6-8(11(15)16)4-3-5-9(6)13-10(14)7(2)12/h3-5,7H,12H2,1-2H3,(H,13,14)(H,15,16)/t7-/m1/s1. The predicted molar refractivity (Wildman–Crippen MR) is 60.4 cm³/mol. The zero-order valence-electron chi connectivity index (χ0n) is 9.15. The molecule has 16 heavy (non-hydrogen) atoms. The number of hydrogen-bond acceptors (Lipinski definition) is 3. The molecule has 0 aliphatic rings. The van der Waals surface area contributed by atoms with E-state index in [2.05, 4.69) is 5.32 Å². The van der Waals surface area contributed by atoms with E-state index in [0.29, 0.717) is 11.3 Å². The van der Waals surface area contributed by atoms with Gasteiger partial charge in [0.05, 0.1) is 11.6 Å². The van der Waals surface area contributed by atoms with E-state index in [-0.39, 0.29) is 11.5 Å². The van der Waals surface area contributed by atoms with E-state index in [4.69, 9.17) is 10.8 Å². The fraction of sp³-hybridized carbons (Fsp3) is 0.273. The molecule has 0 saturated heterocycles. The van der Waals surface area contributed by atoms with Gasteiger partial charge in [0.25, 0.3) is 0 Å². The van der Waals surface area contributed by atoms with E-state index < -0.39 is 12.0 Å². The van der Waals surface area contributed by atoms with Gasteiger partial charge in [-0.3, -0.25) is 4.79 Å². The minimum atomic E-state index is -1.02. The second kappa shape index (κ2) is 4.76. The van der Waals surface area contributed by atoms with Crippen molar-refractivity contribution >= 4 is 17.6 Å². The summed E-state index contributed by atoms with van der Waals surface area (Å²) in [7, 11) is 0. The highest BCUT2D eigenvalue weighted by molar-refractivity contribution is 5.97. The lowest BCUT2D eigenvalue weighted by molar-refractivity contribution is -0.117. The SMILES string of the molecule is Cc1c(NC(=O)[C@@H](C)N)cccc1C(=O)O. The molecule has 1 aromatic carbocycles. The maximum absolute atomic E-state index is 11.4.